The SMILES string of the molecule is C[Si](C)(C)CCOCN=C(C=CN)B(O)O. The lowest BCUT2D eigenvalue weighted by Gasteiger charge is -2.14. The lowest BCUT2D eigenvalue weighted by molar-refractivity contribution is 0.155. The Morgan fingerprint density at radius 1 is 1.44 bits per heavy atom. The van der Waals surface area contributed by atoms with E-state index < -0.39 is 15.2 Å². The zero-order chi connectivity index (χ0) is 12.6. The maximum absolute atomic E-state index is 8.90. The highest BCUT2D eigenvalue weighted by molar-refractivity contribution is 6.82. The first kappa shape index (κ1) is 15.4. The van der Waals surface area contributed by atoms with E-state index in [2.05, 4.69) is 24.6 Å². The molecular formula is C9H21BN2O3Si. The molecule has 0 bridgehead atoms. The second-order valence-corrected chi connectivity index (χ2v) is 10.3. The van der Waals surface area contributed by atoms with Crippen molar-refractivity contribution in [1.82, 2.24) is 0 Å². The number of allylic oxidation sites excluding steroid dienone is 1. The molecule has 0 aromatic rings. The fourth-order valence-electron chi connectivity index (χ4n) is 0.882. The third-order valence-corrected chi connectivity index (χ3v) is 3.57. The Hall–Kier alpha value is -0.628. The molecule has 0 aromatic carbocycles. The van der Waals surface area contributed by atoms with Gasteiger partial charge in [-0.1, -0.05) is 19.6 Å². The molecule has 0 saturated heterocycles. The molecule has 0 aliphatic heterocycles. The van der Waals surface area contributed by atoms with Gasteiger partial charge in [0.05, 0.1) is 5.61 Å². The molecule has 7 heteroatoms. The zero-order valence-electron chi connectivity index (χ0n) is 10.2. The van der Waals surface area contributed by atoms with Crippen LogP contribution >= 0.6 is 0 Å². The number of aliphatic imine (C=N–C) groups is 1. The molecule has 0 fully saturated rings. The highest BCUT2D eigenvalue weighted by Crippen LogP contribution is 2.07. The molecule has 0 saturated carbocycles. The van der Waals surface area contributed by atoms with Crippen LogP contribution in [0.4, 0.5) is 0 Å². The number of nitrogens with two attached hydrogens (primary N) is 1. The smallest absolute Gasteiger partial charge is 0.422 e. The number of ether oxygens (including phenoxy) is 1. The summed E-state index contributed by atoms with van der Waals surface area (Å²) in [6, 6.07) is 1.06. The van der Waals surface area contributed by atoms with E-state index in [0.29, 0.717) is 6.61 Å². The molecule has 5 nitrogen and oxygen atoms in total. The van der Waals surface area contributed by atoms with Crippen molar-refractivity contribution < 1.29 is 14.8 Å². The average Bonchev–Trinajstić information content (AvgIpc) is 2.13. The average molecular weight is 244 g/mol. The van der Waals surface area contributed by atoms with Crippen molar-refractivity contribution in [2.45, 2.75) is 25.7 Å². The molecule has 16 heavy (non-hydrogen) atoms. The Morgan fingerprint density at radius 3 is 2.50 bits per heavy atom. The van der Waals surface area contributed by atoms with Crippen LogP contribution < -0.4 is 5.73 Å². The number of hydrogen-bond acceptors (Lipinski definition) is 5. The molecule has 92 valence electrons. The molecule has 4 N–H and O–H groups in total. The molecule has 0 radical (unpaired) electrons. The van der Waals surface area contributed by atoms with E-state index in [4.69, 9.17) is 20.5 Å². The van der Waals surface area contributed by atoms with Gasteiger partial charge in [-0.25, -0.2) is 0 Å². The van der Waals surface area contributed by atoms with Crippen LogP contribution in [0.3, 0.4) is 0 Å². The summed E-state index contributed by atoms with van der Waals surface area (Å²) in [5, 5.41) is 17.8. The highest BCUT2D eigenvalue weighted by Gasteiger charge is 2.14. The summed E-state index contributed by atoms with van der Waals surface area (Å²) >= 11 is 0. The molecule has 0 spiro atoms. The maximum atomic E-state index is 8.90. The maximum Gasteiger partial charge on any atom is 0.507 e. The molecule has 0 unspecified atom stereocenters. The predicted molar refractivity (Wildman–Crippen MR) is 69.9 cm³/mol. The van der Waals surface area contributed by atoms with Gasteiger partial charge in [0.15, 0.2) is 0 Å². The third-order valence-electron chi connectivity index (χ3n) is 1.87. The largest absolute Gasteiger partial charge is 0.507 e. The van der Waals surface area contributed by atoms with Gasteiger partial charge in [0.1, 0.15) is 6.73 Å². The quantitative estimate of drug-likeness (QED) is 0.339. The van der Waals surface area contributed by atoms with Crippen molar-refractivity contribution >= 4 is 20.8 Å². The predicted octanol–water partition coefficient (Wildman–Crippen LogP) is 0.224. The van der Waals surface area contributed by atoms with Gasteiger partial charge in [-0.15, -0.1) is 0 Å². The van der Waals surface area contributed by atoms with Crippen LogP contribution in [-0.4, -0.2) is 44.2 Å². The Kier molecular flexibility index (Phi) is 7.31. The topological polar surface area (TPSA) is 88.1 Å². The van der Waals surface area contributed by atoms with Gasteiger partial charge in [-0.2, -0.15) is 0 Å². The summed E-state index contributed by atoms with van der Waals surface area (Å²) in [7, 11) is -2.69. The Labute approximate surface area is 98.2 Å². The Balaban J connectivity index is 3.89. The van der Waals surface area contributed by atoms with Crippen LogP contribution in [0.2, 0.25) is 25.7 Å². The summed E-state index contributed by atoms with van der Waals surface area (Å²) < 4.78 is 5.29. The fraction of sp³-hybridized carbons (Fsp3) is 0.667. The summed E-state index contributed by atoms with van der Waals surface area (Å²) in [5.41, 5.74) is 5.24. The summed E-state index contributed by atoms with van der Waals surface area (Å²) in [4.78, 5) is 3.88. The van der Waals surface area contributed by atoms with E-state index in [1.165, 1.54) is 12.3 Å². The van der Waals surface area contributed by atoms with Gasteiger partial charge in [0, 0.05) is 14.7 Å². The van der Waals surface area contributed by atoms with Gasteiger partial charge in [-0.3, -0.25) is 4.99 Å². The van der Waals surface area contributed by atoms with E-state index in [1.54, 1.807) is 0 Å². The van der Waals surface area contributed by atoms with E-state index in [0.717, 1.165) is 6.04 Å². The van der Waals surface area contributed by atoms with Crippen LogP contribution in [0.15, 0.2) is 17.3 Å². The Morgan fingerprint density at radius 2 is 2.06 bits per heavy atom. The van der Waals surface area contributed by atoms with Crippen LogP contribution in [0.1, 0.15) is 0 Å². The van der Waals surface area contributed by atoms with Gasteiger partial charge < -0.3 is 20.5 Å². The molecule has 0 atom stereocenters. The second-order valence-electron chi connectivity index (χ2n) is 4.66. The number of rotatable bonds is 7. The van der Waals surface area contributed by atoms with Gasteiger partial charge in [0.25, 0.3) is 0 Å². The monoisotopic (exact) mass is 244 g/mol. The first-order chi connectivity index (χ1) is 7.37. The number of hydrogen-bond donors (Lipinski definition) is 3. The highest BCUT2D eigenvalue weighted by atomic mass is 28.3. The van der Waals surface area contributed by atoms with Crippen LogP contribution in [0, 0.1) is 0 Å². The summed E-state index contributed by atoms with van der Waals surface area (Å²) in [5.74, 6) is 0. The minimum Gasteiger partial charge on any atom is -0.422 e. The molecule has 0 heterocycles. The molecule has 0 aromatic heterocycles. The normalized spacial score (nSPS) is 13.4. The van der Waals surface area contributed by atoms with Crippen molar-refractivity contribution in [3.8, 4) is 0 Å². The summed E-state index contributed by atoms with van der Waals surface area (Å²) in [6.45, 7) is 7.57. The van der Waals surface area contributed by atoms with Crippen molar-refractivity contribution in [2.24, 2.45) is 10.7 Å². The van der Waals surface area contributed by atoms with Crippen molar-refractivity contribution in [3.63, 3.8) is 0 Å². The van der Waals surface area contributed by atoms with E-state index in [1.807, 2.05) is 0 Å². The lowest BCUT2D eigenvalue weighted by Crippen LogP contribution is -2.25. The minimum absolute atomic E-state index is 0.107. The summed E-state index contributed by atoms with van der Waals surface area (Å²) in [6.07, 6.45) is 2.55. The van der Waals surface area contributed by atoms with Gasteiger partial charge >= 0.3 is 7.12 Å². The van der Waals surface area contributed by atoms with Crippen LogP contribution in [0.5, 0.6) is 0 Å². The first-order valence-electron chi connectivity index (χ1n) is 5.23. The van der Waals surface area contributed by atoms with Gasteiger partial charge in [0.2, 0.25) is 0 Å². The van der Waals surface area contributed by atoms with E-state index >= 15 is 0 Å². The minimum atomic E-state index is -1.61. The molecule has 0 rings (SSSR count). The van der Waals surface area contributed by atoms with Crippen molar-refractivity contribution in [3.05, 3.63) is 12.3 Å². The number of nitrogens with zero attached hydrogens (tertiary/aromatic N) is 1. The molecule has 0 amide bonds. The molecule has 0 aliphatic rings. The third kappa shape index (κ3) is 8.66. The first-order valence-corrected chi connectivity index (χ1v) is 8.94. The van der Waals surface area contributed by atoms with E-state index in [-0.39, 0.29) is 12.3 Å². The molecular weight excluding hydrogens is 223 g/mol. The van der Waals surface area contributed by atoms with Crippen LogP contribution in [-0.2, 0) is 4.74 Å². The second kappa shape index (κ2) is 7.61. The van der Waals surface area contributed by atoms with E-state index in [9.17, 15) is 0 Å². The Bertz CT molecular complexity index is 252. The fourth-order valence-corrected chi connectivity index (χ4v) is 1.64. The standard InChI is InChI=1S/C9H21BN2O3Si/c1-16(2,3)7-6-15-8-12-9(4-5-11)10(13)14/h4-5,13-14H,6-8,11H2,1-3H3. The molecule has 0 aliphatic carbocycles. The van der Waals surface area contributed by atoms with Gasteiger partial charge in [-0.05, 0) is 18.3 Å². The van der Waals surface area contributed by atoms with Crippen molar-refractivity contribution in [1.29, 1.82) is 0 Å². The van der Waals surface area contributed by atoms with Crippen LogP contribution in [0.25, 0.3) is 0 Å². The lowest BCUT2D eigenvalue weighted by atomic mass is 9.83. The zero-order valence-corrected chi connectivity index (χ0v) is 11.2. The van der Waals surface area contributed by atoms with Crippen molar-refractivity contribution in [2.75, 3.05) is 13.3 Å².